The second kappa shape index (κ2) is 7.14. The SMILES string of the molecule is COc1ccc(C2CN(C(=O)O)CC2(C)C(C)O)cc1OC1CC2CCC1C2. The Balaban J connectivity index is 1.63. The van der Waals surface area contributed by atoms with Gasteiger partial charge in [0.1, 0.15) is 6.10 Å². The van der Waals surface area contributed by atoms with Crippen LogP contribution in [0.4, 0.5) is 4.79 Å². The van der Waals surface area contributed by atoms with Crippen LogP contribution in [0, 0.1) is 17.3 Å². The van der Waals surface area contributed by atoms with Gasteiger partial charge in [-0.05, 0) is 62.1 Å². The molecule has 6 unspecified atom stereocenters. The maximum atomic E-state index is 11.6. The zero-order valence-electron chi connectivity index (χ0n) is 16.9. The molecule has 6 atom stereocenters. The van der Waals surface area contributed by atoms with Gasteiger partial charge >= 0.3 is 6.09 Å². The minimum Gasteiger partial charge on any atom is -0.493 e. The highest BCUT2D eigenvalue weighted by molar-refractivity contribution is 5.66. The van der Waals surface area contributed by atoms with Gasteiger partial charge in [0.25, 0.3) is 0 Å². The van der Waals surface area contributed by atoms with Crippen molar-refractivity contribution in [3.05, 3.63) is 23.8 Å². The van der Waals surface area contributed by atoms with Crippen LogP contribution in [0.1, 0.15) is 51.0 Å². The number of amides is 1. The van der Waals surface area contributed by atoms with E-state index in [0.717, 1.165) is 23.7 Å². The molecule has 28 heavy (non-hydrogen) atoms. The van der Waals surface area contributed by atoms with Gasteiger partial charge < -0.3 is 24.6 Å². The summed E-state index contributed by atoms with van der Waals surface area (Å²) in [7, 11) is 1.64. The fraction of sp³-hybridized carbons (Fsp3) is 0.682. The summed E-state index contributed by atoms with van der Waals surface area (Å²) in [5, 5.41) is 19.9. The van der Waals surface area contributed by atoms with Crippen molar-refractivity contribution in [1.82, 2.24) is 4.90 Å². The number of carbonyl (C=O) groups is 1. The van der Waals surface area contributed by atoms with Crippen LogP contribution in [0.15, 0.2) is 18.2 Å². The molecule has 1 saturated heterocycles. The Kier molecular flexibility index (Phi) is 4.94. The quantitative estimate of drug-likeness (QED) is 0.802. The normalized spacial score (nSPS) is 35.2. The molecule has 1 aliphatic heterocycles. The van der Waals surface area contributed by atoms with E-state index in [1.165, 1.54) is 24.2 Å². The number of hydrogen-bond acceptors (Lipinski definition) is 4. The van der Waals surface area contributed by atoms with E-state index in [1.807, 2.05) is 25.1 Å². The lowest BCUT2D eigenvalue weighted by atomic mass is 9.72. The Morgan fingerprint density at radius 3 is 2.64 bits per heavy atom. The second-order valence-corrected chi connectivity index (χ2v) is 9.14. The summed E-state index contributed by atoms with van der Waals surface area (Å²) in [6.45, 7) is 4.40. The Hall–Kier alpha value is -1.95. The van der Waals surface area contributed by atoms with E-state index in [0.29, 0.717) is 24.8 Å². The molecule has 1 aromatic rings. The maximum Gasteiger partial charge on any atom is 0.407 e. The first kappa shape index (κ1) is 19.4. The van der Waals surface area contributed by atoms with E-state index in [2.05, 4.69) is 0 Å². The monoisotopic (exact) mass is 389 g/mol. The van der Waals surface area contributed by atoms with E-state index in [-0.39, 0.29) is 12.0 Å². The molecule has 3 fully saturated rings. The average molecular weight is 389 g/mol. The largest absolute Gasteiger partial charge is 0.493 e. The van der Waals surface area contributed by atoms with Crippen LogP contribution in [0.5, 0.6) is 11.5 Å². The van der Waals surface area contributed by atoms with Crippen molar-refractivity contribution in [3.8, 4) is 11.5 Å². The van der Waals surface area contributed by atoms with E-state index in [9.17, 15) is 15.0 Å². The van der Waals surface area contributed by atoms with Crippen LogP contribution >= 0.6 is 0 Å². The first-order valence-corrected chi connectivity index (χ1v) is 10.3. The number of nitrogens with zero attached hydrogens (tertiary/aromatic N) is 1. The zero-order chi connectivity index (χ0) is 20.1. The number of methoxy groups -OCH3 is 1. The third-order valence-electron chi connectivity index (χ3n) is 7.50. The molecule has 2 N–H and O–H groups in total. The summed E-state index contributed by atoms with van der Waals surface area (Å²) < 4.78 is 12.0. The lowest BCUT2D eigenvalue weighted by Gasteiger charge is -2.34. The number of rotatable bonds is 5. The molecule has 154 valence electrons. The summed E-state index contributed by atoms with van der Waals surface area (Å²) in [5.41, 5.74) is 0.447. The highest BCUT2D eigenvalue weighted by atomic mass is 16.5. The van der Waals surface area contributed by atoms with Gasteiger partial charge in [0.05, 0.1) is 13.2 Å². The lowest BCUT2D eigenvalue weighted by Crippen LogP contribution is -2.37. The molecule has 1 aromatic carbocycles. The Labute approximate surface area is 166 Å². The van der Waals surface area contributed by atoms with Crippen LogP contribution in [0.25, 0.3) is 0 Å². The first-order chi connectivity index (χ1) is 13.3. The molecule has 0 aromatic heterocycles. The number of likely N-dealkylation sites (tertiary alicyclic amines) is 1. The molecular formula is C22H31NO5. The fourth-order valence-corrected chi connectivity index (χ4v) is 5.57. The Morgan fingerprint density at radius 1 is 1.29 bits per heavy atom. The number of ether oxygens (including phenoxy) is 2. The molecule has 6 heteroatoms. The maximum absolute atomic E-state index is 11.6. The third-order valence-corrected chi connectivity index (χ3v) is 7.50. The van der Waals surface area contributed by atoms with E-state index >= 15 is 0 Å². The number of aliphatic hydroxyl groups excluding tert-OH is 1. The molecule has 1 amide bonds. The molecule has 1 heterocycles. The van der Waals surface area contributed by atoms with E-state index in [1.54, 1.807) is 14.0 Å². The van der Waals surface area contributed by atoms with Gasteiger partial charge in [-0.15, -0.1) is 0 Å². The standard InChI is InChI=1S/C22H31NO5/c1-13(24)22(2)12-23(21(25)26)11-17(22)15-6-7-18(27-3)20(10-15)28-19-9-14-4-5-16(19)8-14/h6-7,10,13-14,16-17,19,24H,4-5,8-9,11-12H2,1-3H3,(H,25,26). The van der Waals surface area contributed by atoms with Gasteiger partial charge in [-0.1, -0.05) is 13.0 Å². The predicted molar refractivity (Wildman–Crippen MR) is 105 cm³/mol. The van der Waals surface area contributed by atoms with Crippen LogP contribution in [-0.4, -0.2) is 53.6 Å². The van der Waals surface area contributed by atoms with Gasteiger partial charge in [0.15, 0.2) is 11.5 Å². The number of aliphatic hydroxyl groups is 1. The van der Waals surface area contributed by atoms with Crippen LogP contribution in [0.3, 0.4) is 0 Å². The second-order valence-electron chi connectivity index (χ2n) is 9.14. The summed E-state index contributed by atoms with van der Waals surface area (Å²) >= 11 is 0. The van der Waals surface area contributed by atoms with Crippen molar-refractivity contribution in [1.29, 1.82) is 0 Å². The lowest BCUT2D eigenvalue weighted by molar-refractivity contribution is 0.0480. The van der Waals surface area contributed by atoms with Gasteiger partial charge in [0.2, 0.25) is 0 Å². The van der Waals surface area contributed by atoms with Crippen molar-refractivity contribution >= 4 is 6.09 Å². The molecular weight excluding hydrogens is 358 g/mol. The first-order valence-electron chi connectivity index (χ1n) is 10.3. The highest BCUT2D eigenvalue weighted by Crippen LogP contribution is 2.49. The number of carboxylic acid groups (broad SMARTS) is 1. The number of fused-ring (bicyclic) bond motifs is 2. The van der Waals surface area contributed by atoms with Crippen LogP contribution in [-0.2, 0) is 0 Å². The van der Waals surface area contributed by atoms with Crippen molar-refractivity contribution in [2.75, 3.05) is 20.2 Å². The van der Waals surface area contributed by atoms with Crippen molar-refractivity contribution in [2.45, 2.75) is 57.7 Å². The number of benzene rings is 1. The highest BCUT2D eigenvalue weighted by Gasteiger charge is 2.49. The average Bonchev–Trinajstić information content (AvgIpc) is 3.36. The predicted octanol–water partition coefficient (Wildman–Crippen LogP) is 3.73. The number of hydrogen-bond donors (Lipinski definition) is 2. The van der Waals surface area contributed by atoms with Gasteiger partial charge in [-0.25, -0.2) is 4.79 Å². The molecule has 0 spiro atoms. The van der Waals surface area contributed by atoms with E-state index in [4.69, 9.17) is 9.47 Å². The minimum atomic E-state index is -0.943. The van der Waals surface area contributed by atoms with Crippen LogP contribution in [0.2, 0.25) is 0 Å². The molecule has 2 bridgehead atoms. The molecule has 2 aliphatic carbocycles. The van der Waals surface area contributed by atoms with E-state index < -0.39 is 17.6 Å². The summed E-state index contributed by atoms with van der Waals surface area (Å²) in [6.07, 6.45) is 3.61. The summed E-state index contributed by atoms with van der Waals surface area (Å²) in [6, 6.07) is 5.88. The molecule has 6 nitrogen and oxygen atoms in total. The third kappa shape index (κ3) is 3.21. The minimum absolute atomic E-state index is 0.100. The molecule has 3 aliphatic rings. The summed E-state index contributed by atoms with van der Waals surface area (Å²) in [4.78, 5) is 13.0. The van der Waals surface area contributed by atoms with Crippen molar-refractivity contribution in [2.24, 2.45) is 17.3 Å². The molecule has 4 rings (SSSR count). The molecule has 2 saturated carbocycles. The van der Waals surface area contributed by atoms with Gasteiger partial charge in [-0.3, -0.25) is 0 Å². The van der Waals surface area contributed by atoms with Crippen molar-refractivity contribution in [3.63, 3.8) is 0 Å². The Bertz CT molecular complexity index is 750. The molecule has 0 radical (unpaired) electrons. The zero-order valence-corrected chi connectivity index (χ0v) is 16.9. The van der Waals surface area contributed by atoms with Crippen molar-refractivity contribution < 1.29 is 24.5 Å². The topological polar surface area (TPSA) is 79.2 Å². The Morgan fingerprint density at radius 2 is 2.07 bits per heavy atom. The fourth-order valence-electron chi connectivity index (χ4n) is 5.57. The summed E-state index contributed by atoms with van der Waals surface area (Å²) in [5.74, 6) is 2.77. The van der Waals surface area contributed by atoms with Gasteiger partial charge in [-0.2, -0.15) is 0 Å². The van der Waals surface area contributed by atoms with Crippen LogP contribution < -0.4 is 9.47 Å². The van der Waals surface area contributed by atoms with Gasteiger partial charge in [0, 0.05) is 24.4 Å². The smallest absolute Gasteiger partial charge is 0.407 e.